The minimum atomic E-state index is 0.0310. The molecule has 2 heteroatoms. The van der Waals surface area contributed by atoms with Crippen molar-refractivity contribution >= 4 is 6.08 Å². The molecule has 2 nitrogen and oxygen atoms in total. The lowest BCUT2D eigenvalue weighted by molar-refractivity contribution is 0.552. The van der Waals surface area contributed by atoms with Crippen LogP contribution in [0.25, 0.3) is 11.1 Å². The highest BCUT2D eigenvalue weighted by Gasteiger charge is 2.06. The van der Waals surface area contributed by atoms with Crippen molar-refractivity contribution in [2.75, 3.05) is 0 Å². The summed E-state index contributed by atoms with van der Waals surface area (Å²) < 4.78 is 0. The quantitative estimate of drug-likeness (QED) is 0.583. The number of rotatable bonds is 5. The van der Waals surface area contributed by atoms with E-state index in [9.17, 15) is 4.79 Å². The lowest BCUT2D eigenvalue weighted by Gasteiger charge is -2.09. The Hall–Kier alpha value is -2.18. The third-order valence-corrected chi connectivity index (χ3v) is 3.21. The van der Waals surface area contributed by atoms with E-state index in [-0.39, 0.29) is 6.04 Å². The molecule has 0 radical (unpaired) electrons. The maximum absolute atomic E-state index is 10.4. The van der Waals surface area contributed by atoms with Crippen LogP contribution in [0.5, 0.6) is 0 Å². The van der Waals surface area contributed by atoms with Gasteiger partial charge in [0.05, 0.1) is 6.04 Å². The Morgan fingerprint density at radius 2 is 1.79 bits per heavy atom. The standard InChI is InChI=1S/C17H17NO/c1-2-17(18-13-19)12-14-7-6-10-16(11-14)15-8-4-3-5-9-15/h3-11,17H,2,12H2,1H3. The van der Waals surface area contributed by atoms with Gasteiger partial charge in [-0.25, -0.2) is 9.79 Å². The lowest BCUT2D eigenvalue weighted by Crippen LogP contribution is -2.06. The van der Waals surface area contributed by atoms with Gasteiger partial charge in [-0.15, -0.1) is 0 Å². The highest BCUT2D eigenvalue weighted by Crippen LogP contribution is 2.21. The van der Waals surface area contributed by atoms with Crippen molar-refractivity contribution in [1.29, 1.82) is 0 Å². The number of isocyanates is 1. The van der Waals surface area contributed by atoms with Crippen molar-refractivity contribution < 1.29 is 4.79 Å². The fraction of sp³-hybridized carbons (Fsp3) is 0.235. The van der Waals surface area contributed by atoms with Crippen molar-refractivity contribution in [1.82, 2.24) is 0 Å². The predicted octanol–water partition coefficient (Wildman–Crippen LogP) is 4.01. The number of hydrogen-bond acceptors (Lipinski definition) is 2. The Labute approximate surface area is 113 Å². The average molecular weight is 251 g/mol. The molecule has 0 bridgehead atoms. The molecule has 2 aromatic rings. The largest absolute Gasteiger partial charge is 0.235 e. The molecule has 0 aromatic heterocycles. The van der Waals surface area contributed by atoms with Crippen LogP contribution in [-0.4, -0.2) is 12.1 Å². The number of hydrogen-bond donors (Lipinski definition) is 0. The Bertz CT molecular complexity index is 571. The van der Waals surface area contributed by atoms with E-state index in [1.165, 1.54) is 16.7 Å². The third kappa shape index (κ3) is 3.64. The van der Waals surface area contributed by atoms with Gasteiger partial charge in [0.15, 0.2) is 0 Å². The second kappa shape index (κ2) is 6.67. The SMILES string of the molecule is CCC(Cc1cccc(-c2ccccc2)c1)N=C=O. The molecule has 0 amide bonds. The maximum atomic E-state index is 10.4. The van der Waals surface area contributed by atoms with Crippen LogP contribution in [0.15, 0.2) is 59.6 Å². The van der Waals surface area contributed by atoms with E-state index in [4.69, 9.17) is 0 Å². The molecule has 96 valence electrons. The van der Waals surface area contributed by atoms with Crippen molar-refractivity contribution in [2.24, 2.45) is 4.99 Å². The molecule has 19 heavy (non-hydrogen) atoms. The van der Waals surface area contributed by atoms with Gasteiger partial charge in [0, 0.05) is 0 Å². The summed E-state index contributed by atoms with van der Waals surface area (Å²) >= 11 is 0. The first kappa shape index (κ1) is 13.3. The molecule has 0 aliphatic carbocycles. The molecule has 1 unspecified atom stereocenters. The zero-order chi connectivity index (χ0) is 13.5. The molecule has 0 fully saturated rings. The van der Waals surface area contributed by atoms with Gasteiger partial charge in [-0.1, -0.05) is 61.5 Å². The number of carbonyl (C=O) groups excluding carboxylic acids is 1. The highest BCUT2D eigenvalue weighted by molar-refractivity contribution is 5.63. The van der Waals surface area contributed by atoms with E-state index in [1.807, 2.05) is 25.1 Å². The van der Waals surface area contributed by atoms with E-state index >= 15 is 0 Å². The number of benzene rings is 2. The molecule has 2 aromatic carbocycles. The van der Waals surface area contributed by atoms with Crippen LogP contribution in [0.3, 0.4) is 0 Å². The number of nitrogens with zero attached hydrogens (tertiary/aromatic N) is 1. The third-order valence-electron chi connectivity index (χ3n) is 3.21. The summed E-state index contributed by atoms with van der Waals surface area (Å²) in [6.07, 6.45) is 3.30. The minimum Gasteiger partial charge on any atom is -0.211 e. The zero-order valence-electron chi connectivity index (χ0n) is 11.0. The molecule has 2 rings (SSSR count). The normalized spacial score (nSPS) is 11.6. The van der Waals surface area contributed by atoms with Crippen LogP contribution in [0, 0.1) is 0 Å². The molecule has 1 atom stereocenters. The molecule has 0 saturated carbocycles. The minimum absolute atomic E-state index is 0.0310. The van der Waals surface area contributed by atoms with Gasteiger partial charge in [-0.05, 0) is 29.5 Å². The molecular weight excluding hydrogens is 234 g/mol. The number of aliphatic imine (C=N–C) groups is 1. The van der Waals surface area contributed by atoms with Gasteiger partial charge in [0.1, 0.15) is 0 Å². The average Bonchev–Trinajstić information content (AvgIpc) is 2.48. The van der Waals surface area contributed by atoms with E-state index < -0.39 is 0 Å². The second-order valence-electron chi connectivity index (χ2n) is 4.55. The van der Waals surface area contributed by atoms with Gasteiger partial charge in [0.2, 0.25) is 6.08 Å². The Kier molecular flexibility index (Phi) is 4.66. The van der Waals surface area contributed by atoms with E-state index in [0.717, 1.165) is 12.8 Å². The van der Waals surface area contributed by atoms with Crippen molar-refractivity contribution in [2.45, 2.75) is 25.8 Å². The van der Waals surface area contributed by atoms with Gasteiger partial charge in [-0.3, -0.25) is 0 Å². The second-order valence-corrected chi connectivity index (χ2v) is 4.55. The van der Waals surface area contributed by atoms with Crippen LogP contribution in [0.2, 0.25) is 0 Å². The summed E-state index contributed by atoms with van der Waals surface area (Å²) in [5.41, 5.74) is 3.60. The van der Waals surface area contributed by atoms with E-state index in [2.05, 4.69) is 41.4 Å². The van der Waals surface area contributed by atoms with Crippen LogP contribution in [-0.2, 0) is 11.2 Å². The van der Waals surface area contributed by atoms with Gasteiger partial charge >= 0.3 is 0 Å². The Morgan fingerprint density at radius 3 is 2.47 bits per heavy atom. The van der Waals surface area contributed by atoms with Crippen LogP contribution < -0.4 is 0 Å². The molecular formula is C17H17NO. The fourth-order valence-corrected chi connectivity index (χ4v) is 2.14. The summed E-state index contributed by atoms with van der Waals surface area (Å²) in [6.45, 7) is 2.03. The van der Waals surface area contributed by atoms with E-state index in [0.29, 0.717) is 0 Å². The van der Waals surface area contributed by atoms with Crippen LogP contribution in [0.4, 0.5) is 0 Å². The molecule has 0 saturated heterocycles. The van der Waals surface area contributed by atoms with Gasteiger partial charge in [-0.2, -0.15) is 0 Å². The first-order valence-electron chi connectivity index (χ1n) is 6.55. The summed E-state index contributed by atoms with van der Waals surface area (Å²) in [7, 11) is 0. The van der Waals surface area contributed by atoms with Crippen molar-refractivity contribution in [3.63, 3.8) is 0 Å². The first-order valence-corrected chi connectivity index (χ1v) is 6.55. The predicted molar refractivity (Wildman–Crippen MR) is 77.8 cm³/mol. The summed E-state index contributed by atoms with van der Waals surface area (Å²) in [6, 6.07) is 18.7. The first-order chi connectivity index (χ1) is 9.33. The van der Waals surface area contributed by atoms with Crippen molar-refractivity contribution in [3.8, 4) is 11.1 Å². The molecule has 0 N–H and O–H groups in total. The lowest BCUT2D eigenvalue weighted by atomic mass is 9.99. The molecule has 0 heterocycles. The highest BCUT2D eigenvalue weighted by atomic mass is 16.1. The van der Waals surface area contributed by atoms with Crippen molar-refractivity contribution in [3.05, 3.63) is 60.2 Å². The fourth-order valence-electron chi connectivity index (χ4n) is 2.14. The topological polar surface area (TPSA) is 29.4 Å². The van der Waals surface area contributed by atoms with Crippen LogP contribution >= 0.6 is 0 Å². The Morgan fingerprint density at radius 1 is 1.05 bits per heavy atom. The summed E-state index contributed by atoms with van der Waals surface area (Å²) in [5.74, 6) is 0. The zero-order valence-corrected chi connectivity index (χ0v) is 11.0. The van der Waals surface area contributed by atoms with E-state index in [1.54, 1.807) is 6.08 Å². The monoisotopic (exact) mass is 251 g/mol. The van der Waals surface area contributed by atoms with Gasteiger partial charge in [0.25, 0.3) is 0 Å². The summed E-state index contributed by atoms with van der Waals surface area (Å²) in [4.78, 5) is 14.2. The Balaban J connectivity index is 2.22. The molecule has 0 aliphatic rings. The van der Waals surface area contributed by atoms with Gasteiger partial charge < -0.3 is 0 Å². The van der Waals surface area contributed by atoms with Crippen LogP contribution in [0.1, 0.15) is 18.9 Å². The smallest absolute Gasteiger partial charge is 0.211 e. The molecule has 0 aliphatic heterocycles. The summed E-state index contributed by atoms with van der Waals surface area (Å²) in [5, 5.41) is 0. The maximum Gasteiger partial charge on any atom is 0.235 e. The molecule has 0 spiro atoms.